The van der Waals surface area contributed by atoms with Crippen LogP contribution in [-0.4, -0.2) is 15.7 Å². The second-order valence-electron chi connectivity index (χ2n) is 5.05. The number of rotatable bonds is 5. The summed E-state index contributed by atoms with van der Waals surface area (Å²) in [5.41, 5.74) is 3.21. The van der Waals surface area contributed by atoms with Crippen molar-refractivity contribution in [2.45, 2.75) is 20.0 Å². The molecule has 23 heavy (non-hydrogen) atoms. The average molecular weight is 329 g/mol. The third-order valence-corrected chi connectivity index (χ3v) is 4.18. The molecule has 3 rings (SSSR count). The SMILES string of the molecule is CCn1nc(C(=O)NCc2ccc(F)cc2)cc1-c1ccsc1. The minimum atomic E-state index is -0.290. The largest absolute Gasteiger partial charge is 0.347 e. The molecule has 118 valence electrons. The number of hydrogen-bond donors (Lipinski definition) is 1. The summed E-state index contributed by atoms with van der Waals surface area (Å²) in [5, 5.41) is 11.2. The molecule has 0 radical (unpaired) electrons. The fourth-order valence-electron chi connectivity index (χ4n) is 2.29. The van der Waals surface area contributed by atoms with Gasteiger partial charge in [0.25, 0.3) is 5.91 Å². The van der Waals surface area contributed by atoms with Gasteiger partial charge in [-0.2, -0.15) is 16.4 Å². The molecule has 0 aliphatic carbocycles. The number of nitrogens with zero attached hydrogens (tertiary/aromatic N) is 2. The van der Waals surface area contributed by atoms with E-state index in [0.29, 0.717) is 18.8 Å². The Hall–Kier alpha value is -2.47. The lowest BCUT2D eigenvalue weighted by Gasteiger charge is -2.03. The number of amides is 1. The van der Waals surface area contributed by atoms with E-state index in [1.54, 1.807) is 29.5 Å². The van der Waals surface area contributed by atoms with Gasteiger partial charge in [-0.1, -0.05) is 12.1 Å². The number of nitrogens with one attached hydrogen (secondary N) is 1. The van der Waals surface area contributed by atoms with Crippen LogP contribution in [0.15, 0.2) is 47.2 Å². The van der Waals surface area contributed by atoms with Gasteiger partial charge in [0.2, 0.25) is 0 Å². The Bertz CT molecular complexity index is 794. The van der Waals surface area contributed by atoms with Crippen LogP contribution in [0.5, 0.6) is 0 Å². The Morgan fingerprint density at radius 1 is 1.30 bits per heavy atom. The third kappa shape index (κ3) is 3.48. The molecule has 0 unspecified atom stereocenters. The molecule has 4 nitrogen and oxygen atoms in total. The Balaban J connectivity index is 1.73. The molecule has 0 saturated heterocycles. The molecule has 0 bridgehead atoms. The molecule has 6 heteroatoms. The van der Waals surface area contributed by atoms with Crippen LogP contribution in [0.25, 0.3) is 11.3 Å². The zero-order chi connectivity index (χ0) is 16.2. The minimum Gasteiger partial charge on any atom is -0.347 e. The van der Waals surface area contributed by atoms with Gasteiger partial charge in [-0.25, -0.2) is 4.39 Å². The summed E-state index contributed by atoms with van der Waals surface area (Å²) in [6.45, 7) is 3.02. The highest BCUT2D eigenvalue weighted by atomic mass is 32.1. The molecule has 0 atom stereocenters. The maximum absolute atomic E-state index is 12.9. The van der Waals surface area contributed by atoms with Crippen LogP contribution in [0, 0.1) is 5.82 Å². The van der Waals surface area contributed by atoms with Crippen molar-refractivity contribution in [1.82, 2.24) is 15.1 Å². The minimum absolute atomic E-state index is 0.238. The van der Waals surface area contributed by atoms with E-state index in [4.69, 9.17) is 0 Å². The van der Waals surface area contributed by atoms with Gasteiger partial charge in [-0.3, -0.25) is 9.48 Å². The smallest absolute Gasteiger partial charge is 0.272 e. The van der Waals surface area contributed by atoms with Gasteiger partial charge >= 0.3 is 0 Å². The van der Waals surface area contributed by atoms with Gasteiger partial charge in [0, 0.05) is 24.0 Å². The van der Waals surface area contributed by atoms with Crippen molar-refractivity contribution in [3.63, 3.8) is 0 Å². The van der Waals surface area contributed by atoms with E-state index in [1.165, 1.54) is 12.1 Å². The molecule has 2 aromatic heterocycles. The van der Waals surface area contributed by atoms with Crippen LogP contribution >= 0.6 is 11.3 Å². The van der Waals surface area contributed by atoms with Crippen molar-refractivity contribution in [2.75, 3.05) is 0 Å². The van der Waals surface area contributed by atoms with Crippen molar-refractivity contribution in [3.05, 3.63) is 64.2 Å². The molecule has 3 aromatic rings. The topological polar surface area (TPSA) is 46.9 Å². The molecule has 1 amide bonds. The van der Waals surface area contributed by atoms with Gasteiger partial charge in [0.1, 0.15) is 5.82 Å². The Morgan fingerprint density at radius 3 is 2.74 bits per heavy atom. The summed E-state index contributed by atoms with van der Waals surface area (Å²) in [6.07, 6.45) is 0. The first-order valence-corrected chi connectivity index (χ1v) is 8.24. The number of halogens is 1. The Kier molecular flexibility index (Phi) is 4.52. The number of benzene rings is 1. The molecule has 0 fully saturated rings. The van der Waals surface area contributed by atoms with Crippen LogP contribution in [0.1, 0.15) is 23.0 Å². The monoisotopic (exact) mass is 329 g/mol. The lowest BCUT2D eigenvalue weighted by Crippen LogP contribution is -2.23. The maximum atomic E-state index is 12.9. The van der Waals surface area contributed by atoms with Crippen molar-refractivity contribution in [2.24, 2.45) is 0 Å². The van der Waals surface area contributed by atoms with Crippen LogP contribution in [0.4, 0.5) is 4.39 Å². The lowest BCUT2D eigenvalue weighted by molar-refractivity contribution is 0.0945. The molecule has 0 spiro atoms. The molecular formula is C17H16FN3OS. The molecule has 0 saturated carbocycles. The predicted molar refractivity (Wildman–Crippen MR) is 88.8 cm³/mol. The fourth-order valence-corrected chi connectivity index (χ4v) is 2.94. The average Bonchev–Trinajstić information content (AvgIpc) is 3.22. The number of carbonyl (C=O) groups is 1. The van der Waals surface area contributed by atoms with E-state index in [2.05, 4.69) is 10.4 Å². The van der Waals surface area contributed by atoms with Crippen LogP contribution in [-0.2, 0) is 13.1 Å². The van der Waals surface area contributed by atoms with E-state index >= 15 is 0 Å². The normalized spacial score (nSPS) is 10.7. The highest BCUT2D eigenvalue weighted by molar-refractivity contribution is 7.08. The van der Waals surface area contributed by atoms with E-state index in [0.717, 1.165) is 16.8 Å². The molecule has 1 aromatic carbocycles. The predicted octanol–water partition coefficient (Wildman–Crippen LogP) is 3.70. The number of aromatic nitrogens is 2. The van der Waals surface area contributed by atoms with Gasteiger partial charge < -0.3 is 5.32 Å². The van der Waals surface area contributed by atoms with Gasteiger partial charge in [0.15, 0.2) is 5.69 Å². The van der Waals surface area contributed by atoms with E-state index in [1.807, 2.05) is 28.4 Å². The van der Waals surface area contributed by atoms with E-state index in [-0.39, 0.29) is 11.7 Å². The first-order chi connectivity index (χ1) is 11.2. The number of hydrogen-bond acceptors (Lipinski definition) is 3. The summed E-state index contributed by atoms with van der Waals surface area (Å²) in [7, 11) is 0. The lowest BCUT2D eigenvalue weighted by atomic mass is 10.2. The van der Waals surface area contributed by atoms with Crippen LogP contribution in [0.2, 0.25) is 0 Å². The van der Waals surface area contributed by atoms with Gasteiger partial charge in [0.05, 0.1) is 5.69 Å². The van der Waals surface area contributed by atoms with Gasteiger partial charge in [-0.15, -0.1) is 0 Å². The Labute approximate surface area is 137 Å². The quantitative estimate of drug-likeness (QED) is 0.776. The van der Waals surface area contributed by atoms with Crippen molar-refractivity contribution >= 4 is 17.2 Å². The van der Waals surface area contributed by atoms with Crippen molar-refractivity contribution in [1.29, 1.82) is 0 Å². The zero-order valence-electron chi connectivity index (χ0n) is 12.6. The first kappa shape index (κ1) is 15.4. The highest BCUT2D eigenvalue weighted by Gasteiger charge is 2.15. The number of thiophene rings is 1. The van der Waals surface area contributed by atoms with E-state index < -0.39 is 0 Å². The molecule has 0 aliphatic heterocycles. The molecule has 2 heterocycles. The second kappa shape index (κ2) is 6.75. The molecule has 0 aliphatic rings. The first-order valence-electron chi connectivity index (χ1n) is 7.30. The summed E-state index contributed by atoms with van der Waals surface area (Å²) in [5.74, 6) is -0.528. The maximum Gasteiger partial charge on any atom is 0.272 e. The van der Waals surface area contributed by atoms with E-state index in [9.17, 15) is 9.18 Å². The fraction of sp³-hybridized carbons (Fsp3) is 0.176. The van der Waals surface area contributed by atoms with Crippen molar-refractivity contribution < 1.29 is 9.18 Å². The third-order valence-electron chi connectivity index (χ3n) is 3.50. The summed E-state index contributed by atoms with van der Waals surface area (Å²) in [4.78, 5) is 12.3. The zero-order valence-corrected chi connectivity index (χ0v) is 13.4. The summed E-state index contributed by atoms with van der Waals surface area (Å²) in [6, 6.07) is 9.86. The molecular weight excluding hydrogens is 313 g/mol. The Morgan fingerprint density at radius 2 is 2.09 bits per heavy atom. The van der Waals surface area contributed by atoms with Gasteiger partial charge in [-0.05, 0) is 42.1 Å². The summed E-state index contributed by atoms with van der Waals surface area (Å²) < 4.78 is 14.7. The van der Waals surface area contributed by atoms with Crippen LogP contribution in [0.3, 0.4) is 0 Å². The highest BCUT2D eigenvalue weighted by Crippen LogP contribution is 2.23. The van der Waals surface area contributed by atoms with Crippen LogP contribution < -0.4 is 5.32 Å². The summed E-state index contributed by atoms with van der Waals surface area (Å²) >= 11 is 1.61. The number of aryl methyl sites for hydroxylation is 1. The standard InChI is InChI=1S/C17H16FN3OS/c1-2-21-16(13-7-8-23-11-13)9-15(20-21)17(22)19-10-12-3-5-14(18)6-4-12/h3-9,11H,2,10H2,1H3,(H,19,22). The second-order valence-corrected chi connectivity index (χ2v) is 5.83. The molecule has 1 N–H and O–H groups in total. The van der Waals surface area contributed by atoms with Crippen molar-refractivity contribution in [3.8, 4) is 11.3 Å². The number of carbonyl (C=O) groups excluding carboxylic acids is 1.